The lowest BCUT2D eigenvalue weighted by atomic mass is 10.2. The number of aliphatic hydroxyl groups is 2. The Kier molecular flexibility index (Phi) is 2.22. The molecule has 0 aliphatic rings. The molecule has 60 valence electrons. The van der Waals surface area contributed by atoms with E-state index in [4.69, 9.17) is 10.2 Å². The Morgan fingerprint density at radius 1 is 1.27 bits per heavy atom. The highest BCUT2D eigenvalue weighted by Crippen LogP contribution is 2.09. The van der Waals surface area contributed by atoms with E-state index in [1.54, 1.807) is 6.07 Å². The lowest BCUT2D eigenvalue weighted by Crippen LogP contribution is -2.00. The zero-order valence-corrected chi connectivity index (χ0v) is 6.57. The first-order chi connectivity index (χ1) is 5.09. The molecule has 1 heterocycles. The third-order valence-electron chi connectivity index (χ3n) is 1.38. The number of aryl methyl sites for hydroxylation is 2. The molecule has 11 heavy (non-hydrogen) atoms. The average molecular weight is 153 g/mol. The van der Waals surface area contributed by atoms with Crippen molar-refractivity contribution in [3.05, 3.63) is 29.1 Å². The molecule has 0 unspecified atom stereocenters. The van der Waals surface area contributed by atoms with Crippen LogP contribution in [0, 0.1) is 13.8 Å². The fourth-order valence-corrected chi connectivity index (χ4v) is 1.00. The average Bonchev–Trinajstić information content (AvgIpc) is 1.85. The van der Waals surface area contributed by atoms with Crippen molar-refractivity contribution in [3.8, 4) is 0 Å². The van der Waals surface area contributed by atoms with Crippen molar-refractivity contribution in [2.24, 2.45) is 0 Å². The molecule has 0 spiro atoms. The minimum absolute atomic E-state index is 0.308. The fourth-order valence-electron chi connectivity index (χ4n) is 1.00. The highest BCUT2D eigenvalue weighted by molar-refractivity contribution is 5.19. The van der Waals surface area contributed by atoms with Crippen LogP contribution in [-0.2, 0) is 0 Å². The predicted molar refractivity (Wildman–Crippen MR) is 40.9 cm³/mol. The fraction of sp³-hybridized carbons (Fsp3) is 0.375. The summed E-state index contributed by atoms with van der Waals surface area (Å²) in [6, 6.07) is 3.53. The van der Waals surface area contributed by atoms with Crippen LogP contribution in [0.25, 0.3) is 0 Å². The molecule has 1 rings (SSSR count). The van der Waals surface area contributed by atoms with Crippen molar-refractivity contribution < 1.29 is 10.2 Å². The lowest BCUT2D eigenvalue weighted by molar-refractivity contribution is -0.0459. The van der Waals surface area contributed by atoms with Gasteiger partial charge in [-0.1, -0.05) is 0 Å². The van der Waals surface area contributed by atoms with Gasteiger partial charge in [-0.25, -0.2) is 0 Å². The van der Waals surface area contributed by atoms with Crippen LogP contribution < -0.4 is 0 Å². The summed E-state index contributed by atoms with van der Waals surface area (Å²) in [4.78, 5) is 3.93. The largest absolute Gasteiger partial charge is 0.363 e. The Bertz CT molecular complexity index is 238. The number of nitrogens with zero attached hydrogens (tertiary/aromatic N) is 1. The van der Waals surface area contributed by atoms with Crippen molar-refractivity contribution in [2.75, 3.05) is 0 Å². The monoisotopic (exact) mass is 153 g/mol. The maximum atomic E-state index is 8.77. The summed E-state index contributed by atoms with van der Waals surface area (Å²) in [7, 11) is 0. The molecule has 0 amide bonds. The standard InChI is InChI=1S/C8H11NO2/c1-5-3-6(2)9-7(4-5)8(10)11/h3-4,8,10-11H,1-2H3. The van der Waals surface area contributed by atoms with Gasteiger partial charge in [0.1, 0.15) is 0 Å². The first-order valence-electron chi connectivity index (χ1n) is 3.41. The Labute approximate surface area is 65.3 Å². The molecule has 2 N–H and O–H groups in total. The van der Waals surface area contributed by atoms with Gasteiger partial charge in [-0.3, -0.25) is 4.98 Å². The smallest absolute Gasteiger partial charge is 0.196 e. The van der Waals surface area contributed by atoms with Gasteiger partial charge in [0.2, 0.25) is 0 Å². The molecule has 0 saturated carbocycles. The van der Waals surface area contributed by atoms with E-state index >= 15 is 0 Å². The molecule has 0 saturated heterocycles. The number of aliphatic hydroxyl groups excluding tert-OH is 1. The van der Waals surface area contributed by atoms with Gasteiger partial charge in [0.05, 0.1) is 5.69 Å². The molecule has 0 aliphatic carbocycles. The summed E-state index contributed by atoms with van der Waals surface area (Å²) in [5.41, 5.74) is 2.09. The van der Waals surface area contributed by atoms with Gasteiger partial charge in [0, 0.05) is 5.69 Å². The van der Waals surface area contributed by atoms with E-state index in [0.717, 1.165) is 11.3 Å². The van der Waals surface area contributed by atoms with Crippen LogP contribution >= 0.6 is 0 Å². The molecule has 1 aromatic heterocycles. The highest BCUT2D eigenvalue weighted by Gasteiger charge is 2.04. The SMILES string of the molecule is Cc1cc(C)nc(C(O)O)c1. The number of hydrogen-bond donors (Lipinski definition) is 2. The summed E-state index contributed by atoms with van der Waals surface area (Å²) < 4.78 is 0. The normalized spacial score (nSPS) is 10.6. The maximum absolute atomic E-state index is 8.77. The van der Waals surface area contributed by atoms with Gasteiger partial charge in [0.15, 0.2) is 6.29 Å². The van der Waals surface area contributed by atoms with Crippen LogP contribution in [0.2, 0.25) is 0 Å². The molecule has 3 heteroatoms. The topological polar surface area (TPSA) is 53.4 Å². The lowest BCUT2D eigenvalue weighted by Gasteiger charge is -2.04. The number of rotatable bonds is 1. The van der Waals surface area contributed by atoms with Crippen molar-refractivity contribution in [1.82, 2.24) is 4.98 Å². The second kappa shape index (κ2) is 2.98. The highest BCUT2D eigenvalue weighted by atomic mass is 16.5. The Morgan fingerprint density at radius 2 is 1.91 bits per heavy atom. The van der Waals surface area contributed by atoms with Crippen LogP contribution in [0.3, 0.4) is 0 Å². The summed E-state index contributed by atoms with van der Waals surface area (Å²) in [6.45, 7) is 3.71. The molecular weight excluding hydrogens is 142 g/mol. The zero-order chi connectivity index (χ0) is 8.43. The van der Waals surface area contributed by atoms with E-state index in [-0.39, 0.29) is 0 Å². The van der Waals surface area contributed by atoms with Crippen LogP contribution in [0.1, 0.15) is 23.2 Å². The van der Waals surface area contributed by atoms with Gasteiger partial charge >= 0.3 is 0 Å². The molecule has 0 radical (unpaired) electrons. The molecule has 0 bridgehead atoms. The van der Waals surface area contributed by atoms with E-state index in [0.29, 0.717) is 5.69 Å². The van der Waals surface area contributed by atoms with Crippen LogP contribution in [0.15, 0.2) is 12.1 Å². The van der Waals surface area contributed by atoms with E-state index in [1.165, 1.54) is 0 Å². The number of pyridine rings is 1. The Balaban J connectivity index is 3.08. The van der Waals surface area contributed by atoms with Gasteiger partial charge in [0.25, 0.3) is 0 Å². The van der Waals surface area contributed by atoms with Crippen molar-refractivity contribution >= 4 is 0 Å². The summed E-state index contributed by atoms with van der Waals surface area (Å²) in [5, 5.41) is 17.5. The summed E-state index contributed by atoms with van der Waals surface area (Å²) >= 11 is 0. The van der Waals surface area contributed by atoms with Gasteiger partial charge in [-0.15, -0.1) is 0 Å². The Hall–Kier alpha value is -0.930. The minimum atomic E-state index is -1.46. The van der Waals surface area contributed by atoms with Crippen molar-refractivity contribution in [2.45, 2.75) is 20.1 Å². The van der Waals surface area contributed by atoms with Crippen LogP contribution in [-0.4, -0.2) is 15.2 Å². The molecule has 3 nitrogen and oxygen atoms in total. The molecule has 0 aromatic carbocycles. The summed E-state index contributed by atoms with van der Waals surface area (Å²) in [6.07, 6.45) is -1.46. The minimum Gasteiger partial charge on any atom is -0.363 e. The third-order valence-corrected chi connectivity index (χ3v) is 1.38. The Morgan fingerprint density at radius 3 is 2.36 bits per heavy atom. The summed E-state index contributed by atoms with van der Waals surface area (Å²) in [5.74, 6) is 0. The van der Waals surface area contributed by atoms with Gasteiger partial charge < -0.3 is 10.2 Å². The van der Waals surface area contributed by atoms with Crippen LogP contribution in [0.4, 0.5) is 0 Å². The van der Waals surface area contributed by atoms with Gasteiger partial charge in [-0.2, -0.15) is 0 Å². The van der Waals surface area contributed by atoms with Crippen molar-refractivity contribution in [3.63, 3.8) is 0 Å². The third kappa shape index (κ3) is 2.00. The number of hydrogen-bond acceptors (Lipinski definition) is 3. The molecule has 1 aromatic rings. The first kappa shape index (κ1) is 8.17. The second-order valence-corrected chi connectivity index (χ2v) is 2.58. The predicted octanol–water partition coefficient (Wildman–Crippen LogP) is 0.682. The van der Waals surface area contributed by atoms with Crippen LogP contribution in [0.5, 0.6) is 0 Å². The van der Waals surface area contributed by atoms with E-state index in [1.807, 2.05) is 19.9 Å². The zero-order valence-electron chi connectivity index (χ0n) is 6.57. The van der Waals surface area contributed by atoms with Crippen molar-refractivity contribution in [1.29, 1.82) is 0 Å². The molecule has 0 aliphatic heterocycles. The van der Waals surface area contributed by atoms with E-state index in [9.17, 15) is 0 Å². The molecule has 0 atom stereocenters. The van der Waals surface area contributed by atoms with E-state index < -0.39 is 6.29 Å². The quantitative estimate of drug-likeness (QED) is 0.583. The molecular formula is C8H11NO2. The van der Waals surface area contributed by atoms with Gasteiger partial charge in [-0.05, 0) is 31.5 Å². The molecule has 0 fully saturated rings. The maximum Gasteiger partial charge on any atom is 0.196 e. The second-order valence-electron chi connectivity index (χ2n) is 2.58. The number of aromatic nitrogens is 1. The first-order valence-corrected chi connectivity index (χ1v) is 3.41. The van der Waals surface area contributed by atoms with E-state index in [2.05, 4.69) is 4.98 Å².